The van der Waals surface area contributed by atoms with E-state index in [1.807, 2.05) is 35.9 Å². The molecule has 0 bridgehead atoms. The third-order valence-electron chi connectivity index (χ3n) is 2.82. The number of aryl methyl sites for hydroxylation is 1. The number of aromatic nitrogens is 4. The van der Waals surface area contributed by atoms with E-state index in [0.29, 0.717) is 18.1 Å². The predicted octanol–water partition coefficient (Wildman–Crippen LogP) is 1.64. The Morgan fingerprint density at radius 1 is 1.37 bits per heavy atom. The summed E-state index contributed by atoms with van der Waals surface area (Å²) in [6.07, 6.45) is 3.97. The van der Waals surface area contributed by atoms with Crippen LogP contribution >= 0.6 is 0 Å². The smallest absolute Gasteiger partial charge is 0.231 e. The summed E-state index contributed by atoms with van der Waals surface area (Å²) in [6, 6.07) is 7.62. The zero-order valence-corrected chi connectivity index (χ0v) is 10.4. The normalized spacial score (nSPS) is 10.8. The van der Waals surface area contributed by atoms with Crippen molar-refractivity contribution in [3.63, 3.8) is 0 Å². The summed E-state index contributed by atoms with van der Waals surface area (Å²) in [5.41, 5.74) is 8.33. The molecule has 2 heterocycles. The summed E-state index contributed by atoms with van der Waals surface area (Å²) in [4.78, 5) is 8.39. The Labute approximate surface area is 109 Å². The first-order chi connectivity index (χ1) is 9.22. The molecule has 0 saturated carbocycles. The largest absolute Gasteiger partial charge is 0.399 e. The minimum atomic E-state index is 0.541. The van der Waals surface area contributed by atoms with Crippen LogP contribution in [0.15, 0.2) is 41.3 Å². The summed E-state index contributed by atoms with van der Waals surface area (Å²) in [6.45, 7) is 0. The number of benzene rings is 1. The Hall–Kier alpha value is -2.63. The minimum absolute atomic E-state index is 0.541. The number of anilines is 1. The maximum Gasteiger partial charge on any atom is 0.231 e. The summed E-state index contributed by atoms with van der Waals surface area (Å²) in [5.74, 6) is 1.10. The summed E-state index contributed by atoms with van der Waals surface area (Å²) < 4.78 is 7.09. The van der Waals surface area contributed by atoms with E-state index in [2.05, 4.69) is 15.1 Å². The van der Waals surface area contributed by atoms with Crippen LogP contribution in [-0.4, -0.2) is 19.7 Å². The van der Waals surface area contributed by atoms with Crippen molar-refractivity contribution < 1.29 is 4.52 Å². The van der Waals surface area contributed by atoms with Crippen LogP contribution in [0.3, 0.4) is 0 Å². The maximum absolute atomic E-state index is 5.74. The number of nitrogens with two attached hydrogens (primary N) is 1. The van der Waals surface area contributed by atoms with Gasteiger partial charge in [0.15, 0.2) is 0 Å². The quantitative estimate of drug-likeness (QED) is 0.719. The highest BCUT2D eigenvalue weighted by Gasteiger charge is 2.11. The molecule has 0 aliphatic heterocycles. The molecule has 0 saturated heterocycles. The van der Waals surface area contributed by atoms with Crippen molar-refractivity contribution in [2.24, 2.45) is 7.05 Å². The lowest BCUT2D eigenvalue weighted by atomic mass is 10.1. The fourth-order valence-electron chi connectivity index (χ4n) is 1.88. The fraction of sp³-hybridized carbons (Fsp3) is 0.154. The molecule has 0 unspecified atom stereocenters. The third kappa shape index (κ3) is 2.33. The van der Waals surface area contributed by atoms with Gasteiger partial charge >= 0.3 is 0 Å². The highest BCUT2D eigenvalue weighted by molar-refractivity contribution is 5.47. The van der Waals surface area contributed by atoms with Crippen molar-refractivity contribution in [2.45, 2.75) is 6.42 Å². The van der Waals surface area contributed by atoms with Crippen molar-refractivity contribution in [2.75, 3.05) is 5.73 Å². The molecule has 0 aliphatic rings. The molecule has 1 aromatic carbocycles. The van der Waals surface area contributed by atoms with Crippen molar-refractivity contribution in [1.29, 1.82) is 0 Å². The van der Waals surface area contributed by atoms with Gasteiger partial charge in [-0.05, 0) is 17.7 Å². The van der Waals surface area contributed by atoms with Crippen LogP contribution in [0.1, 0.15) is 11.5 Å². The van der Waals surface area contributed by atoms with Crippen molar-refractivity contribution in [3.05, 3.63) is 48.2 Å². The molecule has 3 rings (SSSR count). The second-order valence-corrected chi connectivity index (χ2v) is 4.32. The van der Waals surface area contributed by atoms with Gasteiger partial charge in [0.2, 0.25) is 11.7 Å². The topological polar surface area (TPSA) is 82.8 Å². The van der Waals surface area contributed by atoms with Gasteiger partial charge in [0.05, 0.1) is 18.9 Å². The van der Waals surface area contributed by atoms with Crippen molar-refractivity contribution in [1.82, 2.24) is 19.7 Å². The third-order valence-corrected chi connectivity index (χ3v) is 2.82. The number of hydrogen-bond acceptors (Lipinski definition) is 5. The van der Waals surface area contributed by atoms with E-state index < -0.39 is 0 Å². The van der Waals surface area contributed by atoms with Crippen LogP contribution in [0.4, 0.5) is 5.69 Å². The summed E-state index contributed by atoms with van der Waals surface area (Å²) >= 11 is 0. The van der Waals surface area contributed by atoms with E-state index in [1.54, 1.807) is 12.5 Å². The van der Waals surface area contributed by atoms with Gasteiger partial charge in [-0.25, -0.2) is 4.98 Å². The maximum atomic E-state index is 5.74. The highest BCUT2D eigenvalue weighted by atomic mass is 16.5. The molecule has 0 amide bonds. The molecule has 0 aliphatic carbocycles. The Morgan fingerprint density at radius 3 is 3.00 bits per heavy atom. The van der Waals surface area contributed by atoms with E-state index in [9.17, 15) is 0 Å². The standard InChI is InChI=1S/C13H13N5O/c1-18-8-15-7-11(18)13-16-12(19-17-13)6-9-3-2-4-10(14)5-9/h2-5,7-8H,6,14H2,1H3. The molecular weight excluding hydrogens is 242 g/mol. The Bertz CT molecular complexity index is 700. The average molecular weight is 255 g/mol. The number of nitrogens with zero attached hydrogens (tertiary/aromatic N) is 4. The van der Waals surface area contributed by atoms with Crippen molar-refractivity contribution in [3.8, 4) is 11.5 Å². The molecule has 0 fully saturated rings. The number of nitrogen functional groups attached to an aromatic ring is 1. The molecule has 19 heavy (non-hydrogen) atoms. The molecule has 2 N–H and O–H groups in total. The van der Waals surface area contributed by atoms with E-state index >= 15 is 0 Å². The SMILES string of the molecule is Cn1cncc1-c1noc(Cc2cccc(N)c2)n1. The van der Waals surface area contributed by atoms with Gasteiger partial charge in [-0.15, -0.1) is 0 Å². The van der Waals surface area contributed by atoms with Crippen LogP contribution < -0.4 is 5.73 Å². The fourth-order valence-corrected chi connectivity index (χ4v) is 1.88. The van der Waals surface area contributed by atoms with Gasteiger partial charge in [-0.1, -0.05) is 17.3 Å². The van der Waals surface area contributed by atoms with Crippen LogP contribution in [0.5, 0.6) is 0 Å². The first-order valence-corrected chi connectivity index (χ1v) is 5.86. The molecule has 6 heteroatoms. The Balaban J connectivity index is 1.84. The zero-order chi connectivity index (χ0) is 13.2. The first-order valence-electron chi connectivity index (χ1n) is 5.86. The molecule has 0 spiro atoms. The number of hydrogen-bond donors (Lipinski definition) is 1. The average Bonchev–Trinajstić information content (AvgIpc) is 2.98. The van der Waals surface area contributed by atoms with Crippen LogP contribution in [0.2, 0.25) is 0 Å². The number of imidazole rings is 1. The lowest BCUT2D eigenvalue weighted by Gasteiger charge is -1.97. The molecule has 3 aromatic rings. The van der Waals surface area contributed by atoms with Crippen LogP contribution in [0, 0.1) is 0 Å². The van der Waals surface area contributed by atoms with Crippen LogP contribution in [-0.2, 0) is 13.5 Å². The molecule has 2 aromatic heterocycles. The van der Waals surface area contributed by atoms with Crippen LogP contribution in [0.25, 0.3) is 11.5 Å². The van der Waals surface area contributed by atoms with Crippen molar-refractivity contribution >= 4 is 5.69 Å². The molecule has 6 nitrogen and oxygen atoms in total. The van der Waals surface area contributed by atoms with Gasteiger partial charge < -0.3 is 14.8 Å². The molecule has 96 valence electrons. The van der Waals surface area contributed by atoms with Gasteiger partial charge in [-0.3, -0.25) is 0 Å². The van der Waals surface area contributed by atoms with E-state index in [1.165, 1.54) is 0 Å². The second-order valence-electron chi connectivity index (χ2n) is 4.32. The van der Waals surface area contributed by atoms with Gasteiger partial charge in [-0.2, -0.15) is 4.98 Å². The highest BCUT2D eigenvalue weighted by Crippen LogP contribution is 2.16. The van der Waals surface area contributed by atoms with E-state index in [-0.39, 0.29) is 0 Å². The summed E-state index contributed by atoms with van der Waals surface area (Å²) in [7, 11) is 1.89. The first kappa shape index (κ1) is 11.5. The monoisotopic (exact) mass is 255 g/mol. The van der Waals surface area contributed by atoms with Gasteiger partial charge in [0.25, 0.3) is 0 Å². The lowest BCUT2D eigenvalue weighted by molar-refractivity contribution is 0.385. The number of rotatable bonds is 3. The Kier molecular flexibility index (Phi) is 2.75. The van der Waals surface area contributed by atoms with Gasteiger partial charge in [0.1, 0.15) is 5.69 Å². The lowest BCUT2D eigenvalue weighted by Crippen LogP contribution is -1.93. The minimum Gasteiger partial charge on any atom is -0.399 e. The zero-order valence-electron chi connectivity index (χ0n) is 10.4. The van der Waals surface area contributed by atoms with Gasteiger partial charge in [0, 0.05) is 12.7 Å². The molecular formula is C13H13N5O. The summed E-state index contributed by atoms with van der Waals surface area (Å²) in [5, 5.41) is 3.96. The Morgan fingerprint density at radius 2 is 2.26 bits per heavy atom. The predicted molar refractivity (Wildman–Crippen MR) is 70.2 cm³/mol. The second kappa shape index (κ2) is 4.56. The van der Waals surface area contributed by atoms with E-state index in [4.69, 9.17) is 10.3 Å². The van der Waals surface area contributed by atoms with E-state index in [0.717, 1.165) is 16.9 Å². The molecule has 0 atom stereocenters. The molecule has 0 radical (unpaired) electrons.